The molecule has 194 valence electrons. The zero-order valence-electron chi connectivity index (χ0n) is 19.3. The van der Waals surface area contributed by atoms with Crippen LogP contribution in [0.15, 0.2) is 60.9 Å². The van der Waals surface area contributed by atoms with Crippen molar-refractivity contribution in [2.75, 3.05) is 0 Å². The monoisotopic (exact) mass is 530 g/mol. The molecule has 39 heavy (non-hydrogen) atoms. The number of phenols is 2. The Labute approximate surface area is 215 Å². The molecule has 0 unspecified atom stereocenters. The van der Waals surface area contributed by atoms with Crippen LogP contribution in [0.5, 0.6) is 11.5 Å². The molecule has 0 aliphatic heterocycles. The lowest BCUT2D eigenvalue weighted by molar-refractivity contribution is -0.384. The Kier molecular flexibility index (Phi) is 5.88. The first-order valence-corrected chi connectivity index (χ1v) is 10.8. The number of aromatic carboxylic acids is 2. The predicted molar refractivity (Wildman–Crippen MR) is 129 cm³/mol. The normalized spacial score (nSPS) is 10.9. The van der Waals surface area contributed by atoms with Crippen LogP contribution in [0.1, 0.15) is 20.7 Å². The van der Waals surface area contributed by atoms with Gasteiger partial charge in [-0.2, -0.15) is 0 Å². The summed E-state index contributed by atoms with van der Waals surface area (Å²) in [5.74, 6) is -3.81. The number of carboxylic acids is 2. The lowest BCUT2D eigenvalue weighted by atomic mass is 10.1. The maximum atomic E-state index is 11.6. The summed E-state index contributed by atoms with van der Waals surface area (Å²) in [7, 11) is 0. The summed E-state index contributed by atoms with van der Waals surface area (Å²) in [6.45, 7) is 0. The smallest absolute Gasteiger partial charge is 0.339 e. The third-order valence-corrected chi connectivity index (χ3v) is 5.52. The highest BCUT2D eigenvalue weighted by molar-refractivity contribution is 5.92. The van der Waals surface area contributed by atoms with Crippen molar-refractivity contribution < 1.29 is 34.9 Å². The third-order valence-electron chi connectivity index (χ3n) is 5.52. The van der Waals surface area contributed by atoms with Crippen LogP contribution in [-0.2, 0) is 0 Å². The first-order valence-electron chi connectivity index (χ1n) is 10.8. The Morgan fingerprint density at radius 3 is 1.56 bits per heavy atom. The molecule has 0 saturated heterocycles. The van der Waals surface area contributed by atoms with E-state index in [0.717, 1.165) is 21.5 Å². The number of hydrogen-bond donors (Lipinski definition) is 4. The average molecular weight is 530 g/mol. The second-order valence-corrected chi connectivity index (χ2v) is 7.91. The van der Waals surface area contributed by atoms with Gasteiger partial charge in [-0.15, -0.1) is 10.2 Å². The number of carbonyl (C=O) groups is 2. The van der Waals surface area contributed by atoms with Crippen LogP contribution in [-0.4, -0.2) is 72.3 Å². The molecule has 0 atom stereocenters. The van der Waals surface area contributed by atoms with Gasteiger partial charge in [-0.05, 0) is 24.3 Å². The maximum absolute atomic E-state index is 11.6. The number of benzene rings is 2. The van der Waals surface area contributed by atoms with E-state index >= 15 is 0 Å². The molecule has 2 aromatic carbocycles. The fourth-order valence-electron chi connectivity index (χ4n) is 3.66. The minimum absolute atomic E-state index is 0.00426. The molecule has 0 aliphatic rings. The standard InChI is InChI=1S/C23H14N8O8/c32-20-12(22(34)35)3-1-5-18(20)29-9-16(25-27-29)14-7-11(31(38)39)8-15(24-14)17-10-30(28-26-17)19-6-2-4-13(21(19)33)23(36)37/h1-10,32-33H,(H,34,35)(H,36,37). The van der Waals surface area contributed by atoms with E-state index in [9.17, 15) is 40.1 Å². The highest BCUT2D eigenvalue weighted by atomic mass is 16.6. The van der Waals surface area contributed by atoms with Gasteiger partial charge in [0.15, 0.2) is 11.5 Å². The van der Waals surface area contributed by atoms with E-state index in [4.69, 9.17) is 0 Å². The Morgan fingerprint density at radius 2 is 1.18 bits per heavy atom. The van der Waals surface area contributed by atoms with Crippen molar-refractivity contribution >= 4 is 17.6 Å². The largest absolute Gasteiger partial charge is 0.505 e. The molecule has 16 heteroatoms. The van der Waals surface area contributed by atoms with E-state index in [1.807, 2.05) is 0 Å². The molecule has 3 aromatic heterocycles. The molecular weight excluding hydrogens is 516 g/mol. The van der Waals surface area contributed by atoms with Crippen LogP contribution in [0.25, 0.3) is 34.2 Å². The number of pyridine rings is 1. The Hall–Kier alpha value is -6.19. The molecule has 5 rings (SSSR count). The van der Waals surface area contributed by atoms with Crippen molar-refractivity contribution in [1.82, 2.24) is 35.0 Å². The van der Waals surface area contributed by atoms with Crippen LogP contribution >= 0.6 is 0 Å². The van der Waals surface area contributed by atoms with E-state index in [-0.39, 0.29) is 51.0 Å². The van der Waals surface area contributed by atoms with Crippen LogP contribution in [0.2, 0.25) is 0 Å². The van der Waals surface area contributed by atoms with Crippen LogP contribution in [0.4, 0.5) is 5.69 Å². The van der Waals surface area contributed by atoms with Crippen molar-refractivity contribution in [2.45, 2.75) is 0 Å². The van der Waals surface area contributed by atoms with E-state index in [1.165, 1.54) is 48.8 Å². The van der Waals surface area contributed by atoms with Crippen LogP contribution in [0, 0.1) is 10.1 Å². The molecule has 0 spiro atoms. The predicted octanol–water partition coefficient (Wildman–Crippen LogP) is 2.29. The number of carboxylic acid groups (broad SMARTS) is 2. The first-order chi connectivity index (χ1) is 18.6. The number of nitrogens with zero attached hydrogens (tertiary/aromatic N) is 8. The number of hydrogen-bond acceptors (Lipinski definition) is 11. The van der Waals surface area contributed by atoms with Crippen LogP contribution in [0.3, 0.4) is 0 Å². The van der Waals surface area contributed by atoms with Gasteiger partial charge in [-0.25, -0.2) is 23.9 Å². The molecule has 0 radical (unpaired) electrons. The van der Waals surface area contributed by atoms with E-state index < -0.39 is 28.4 Å². The van der Waals surface area contributed by atoms with Crippen molar-refractivity contribution in [3.63, 3.8) is 0 Å². The highest BCUT2D eigenvalue weighted by Gasteiger charge is 2.21. The minimum Gasteiger partial charge on any atom is -0.505 e. The van der Waals surface area contributed by atoms with Gasteiger partial charge in [0.1, 0.15) is 33.9 Å². The van der Waals surface area contributed by atoms with Gasteiger partial charge in [-0.3, -0.25) is 10.1 Å². The summed E-state index contributed by atoms with van der Waals surface area (Å²) in [6.07, 6.45) is 2.59. The minimum atomic E-state index is -1.35. The number of para-hydroxylation sites is 2. The molecule has 4 N–H and O–H groups in total. The van der Waals surface area contributed by atoms with Crippen molar-refractivity contribution in [2.24, 2.45) is 0 Å². The van der Waals surface area contributed by atoms with Gasteiger partial charge in [-0.1, -0.05) is 22.6 Å². The summed E-state index contributed by atoms with van der Waals surface area (Å²) < 4.78 is 2.18. The second-order valence-electron chi connectivity index (χ2n) is 7.91. The number of nitro groups is 1. The summed E-state index contributed by atoms with van der Waals surface area (Å²) in [5, 5.41) is 66.4. The summed E-state index contributed by atoms with van der Waals surface area (Å²) in [6, 6.07) is 10.3. The number of rotatable bonds is 7. The first kappa shape index (κ1) is 24.5. The quantitative estimate of drug-likeness (QED) is 0.175. The van der Waals surface area contributed by atoms with Gasteiger partial charge in [0.05, 0.1) is 28.7 Å². The SMILES string of the molecule is O=C(O)c1cccc(-n2cc(-c3cc([N+](=O)[O-])cc(-c4cn(-c5cccc(C(=O)O)c5O)nn4)n3)nn2)c1O. The number of aromatic nitrogens is 7. The topological polar surface area (TPSA) is 233 Å². The summed E-state index contributed by atoms with van der Waals surface area (Å²) in [4.78, 5) is 38.0. The Balaban J connectivity index is 1.56. The molecule has 0 bridgehead atoms. The zero-order valence-corrected chi connectivity index (χ0v) is 19.3. The van der Waals surface area contributed by atoms with Gasteiger partial charge >= 0.3 is 11.9 Å². The second kappa shape index (κ2) is 9.36. The van der Waals surface area contributed by atoms with Crippen LogP contribution < -0.4 is 0 Å². The molecular formula is C23H14N8O8. The summed E-state index contributed by atoms with van der Waals surface area (Å²) in [5.41, 5.74) is -0.957. The molecule has 5 aromatic rings. The van der Waals surface area contributed by atoms with Gasteiger partial charge in [0.25, 0.3) is 5.69 Å². The maximum Gasteiger partial charge on any atom is 0.339 e. The molecule has 0 aliphatic carbocycles. The van der Waals surface area contributed by atoms with E-state index in [1.54, 1.807) is 0 Å². The average Bonchev–Trinajstić information content (AvgIpc) is 3.59. The Morgan fingerprint density at radius 1 is 0.744 bits per heavy atom. The van der Waals surface area contributed by atoms with Crippen molar-refractivity contribution in [1.29, 1.82) is 0 Å². The van der Waals surface area contributed by atoms with Crippen molar-refractivity contribution in [3.05, 3.63) is 82.2 Å². The van der Waals surface area contributed by atoms with Crippen molar-refractivity contribution in [3.8, 4) is 45.6 Å². The van der Waals surface area contributed by atoms with E-state index in [0.29, 0.717) is 0 Å². The zero-order chi connectivity index (χ0) is 27.8. The Bertz CT molecular complexity index is 1670. The molecule has 16 nitrogen and oxygen atoms in total. The summed E-state index contributed by atoms with van der Waals surface area (Å²) >= 11 is 0. The van der Waals surface area contributed by atoms with E-state index in [2.05, 4.69) is 25.6 Å². The van der Waals surface area contributed by atoms with Gasteiger partial charge < -0.3 is 20.4 Å². The molecule has 0 fully saturated rings. The fourth-order valence-corrected chi connectivity index (χ4v) is 3.66. The lowest BCUT2D eigenvalue weighted by Crippen LogP contribution is -2.02. The van der Waals surface area contributed by atoms with Gasteiger partial charge in [0.2, 0.25) is 0 Å². The number of aromatic hydroxyl groups is 2. The lowest BCUT2D eigenvalue weighted by Gasteiger charge is -2.06. The fraction of sp³-hybridized carbons (Fsp3) is 0. The highest BCUT2D eigenvalue weighted by Crippen LogP contribution is 2.31. The molecule has 0 saturated carbocycles. The third kappa shape index (κ3) is 4.44. The molecule has 3 heterocycles. The molecule has 0 amide bonds. The van der Waals surface area contributed by atoms with Gasteiger partial charge in [0, 0.05) is 12.1 Å².